The average molecular weight is 336 g/mol. The highest BCUT2D eigenvalue weighted by Crippen LogP contribution is 2.33. The van der Waals surface area contributed by atoms with Crippen molar-refractivity contribution in [2.24, 2.45) is 0 Å². The summed E-state index contributed by atoms with van der Waals surface area (Å²) in [4.78, 5) is 0. The van der Waals surface area contributed by atoms with Gasteiger partial charge in [-0.15, -0.1) is 0 Å². The molecule has 0 radical (unpaired) electrons. The summed E-state index contributed by atoms with van der Waals surface area (Å²) in [7, 11) is 0. The number of ether oxygens (including phenoxy) is 3. The molecule has 1 aliphatic rings. The van der Waals surface area contributed by atoms with Crippen molar-refractivity contribution in [1.29, 1.82) is 0 Å². The molecular weight excluding hydrogens is 319 g/mol. The summed E-state index contributed by atoms with van der Waals surface area (Å²) < 4.78 is 17.8. The summed E-state index contributed by atoms with van der Waals surface area (Å²) >= 11 is 9.64. The monoisotopic (exact) mass is 334 g/mol. The Labute approximate surface area is 120 Å². The number of benzene rings is 1. The van der Waals surface area contributed by atoms with Gasteiger partial charge in [0.1, 0.15) is 18.5 Å². The Balaban J connectivity index is 1.97. The van der Waals surface area contributed by atoms with Gasteiger partial charge in [0.15, 0.2) is 5.79 Å². The van der Waals surface area contributed by atoms with E-state index in [4.69, 9.17) is 25.8 Å². The average Bonchev–Trinajstić information content (AvgIpc) is 2.65. The molecule has 1 aliphatic heterocycles. The molecule has 0 bridgehead atoms. The second-order valence-corrected chi connectivity index (χ2v) is 5.98. The van der Waals surface area contributed by atoms with E-state index in [-0.39, 0.29) is 6.10 Å². The zero-order valence-corrected chi connectivity index (χ0v) is 13.0. The lowest BCUT2D eigenvalue weighted by atomic mass is 10.2. The van der Waals surface area contributed by atoms with Crippen molar-refractivity contribution < 1.29 is 14.2 Å². The third-order valence-corrected chi connectivity index (χ3v) is 4.11. The number of hydrogen-bond donors (Lipinski definition) is 0. The van der Waals surface area contributed by atoms with E-state index >= 15 is 0 Å². The van der Waals surface area contributed by atoms with Crippen LogP contribution in [0.4, 0.5) is 0 Å². The number of hydrogen-bond acceptors (Lipinski definition) is 3. The van der Waals surface area contributed by atoms with E-state index in [1.807, 2.05) is 32.9 Å². The molecule has 1 atom stereocenters. The van der Waals surface area contributed by atoms with Gasteiger partial charge in [0.05, 0.1) is 11.6 Å². The van der Waals surface area contributed by atoms with Crippen LogP contribution in [-0.2, 0) is 9.47 Å². The van der Waals surface area contributed by atoms with Gasteiger partial charge in [-0.2, -0.15) is 0 Å². The zero-order chi connectivity index (χ0) is 13.3. The molecule has 1 fully saturated rings. The van der Waals surface area contributed by atoms with E-state index in [0.29, 0.717) is 24.0 Å². The normalized spacial score (nSPS) is 22.2. The fourth-order valence-electron chi connectivity index (χ4n) is 1.78. The van der Waals surface area contributed by atoms with Gasteiger partial charge in [-0.3, -0.25) is 0 Å². The molecule has 1 aromatic rings. The lowest BCUT2D eigenvalue weighted by molar-refractivity contribution is -0.141. The molecule has 2 rings (SSSR count). The Morgan fingerprint density at radius 1 is 1.50 bits per heavy atom. The van der Waals surface area contributed by atoms with Gasteiger partial charge in [-0.25, -0.2) is 0 Å². The first-order valence-electron chi connectivity index (χ1n) is 5.78. The van der Waals surface area contributed by atoms with E-state index in [2.05, 4.69) is 15.9 Å². The largest absolute Gasteiger partial charge is 0.489 e. The molecule has 0 saturated carbocycles. The Bertz CT molecular complexity index is 448. The quantitative estimate of drug-likeness (QED) is 0.837. The Hall–Kier alpha value is -0.290. The van der Waals surface area contributed by atoms with Crippen molar-refractivity contribution in [2.45, 2.75) is 32.7 Å². The highest BCUT2D eigenvalue weighted by Gasteiger charge is 2.33. The van der Waals surface area contributed by atoms with E-state index in [0.717, 1.165) is 10.0 Å². The topological polar surface area (TPSA) is 27.7 Å². The van der Waals surface area contributed by atoms with Gasteiger partial charge in [0.25, 0.3) is 0 Å². The third-order valence-electron chi connectivity index (χ3n) is 2.78. The molecule has 0 N–H and O–H groups in total. The maximum atomic E-state index is 6.21. The van der Waals surface area contributed by atoms with Crippen LogP contribution in [-0.4, -0.2) is 25.1 Å². The predicted octanol–water partition coefficient (Wildman–Crippen LogP) is 3.94. The summed E-state index contributed by atoms with van der Waals surface area (Å²) in [5.41, 5.74) is 0.970. The van der Waals surface area contributed by atoms with Crippen LogP contribution in [0, 0.1) is 6.92 Å². The van der Waals surface area contributed by atoms with Crippen molar-refractivity contribution in [3.63, 3.8) is 0 Å². The smallest absolute Gasteiger partial charge is 0.163 e. The number of rotatable bonds is 3. The lowest BCUT2D eigenvalue weighted by Gasteiger charge is -2.17. The summed E-state index contributed by atoms with van der Waals surface area (Å²) in [6, 6.07) is 3.77. The summed E-state index contributed by atoms with van der Waals surface area (Å²) in [5.74, 6) is 0.152. The van der Waals surface area contributed by atoms with Crippen LogP contribution in [0.1, 0.15) is 19.4 Å². The van der Waals surface area contributed by atoms with E-state index in [1.54, 1.807) is 0 Å². The fraction of sp³-hybridized carbons (Fsp3) is 0.538. The van der Waals surface area contributed by atoms with Crippen molar-refractivity contribution in [2.75, 3.05) is 13.2 Å². The van der Waals surface area contributed by atoms with Crippen LogP contribution in [0.3, 0.4) is 0 Å². The van der Waals surface area contributed by atoms with E-state index in [9.17, 15) is 0 Å². The summed E-state index contributed by atoms with van der Waals surface area (Å²) in [6.07, 6.45) is -0.0555. The molecule has 100 valence electrons. The Morgan fingerprint density at radius 3 is 2.83 bits per heavy atom. The van der Waals surface area contributed by atoms with Gasteiger partial charge < -0.3 is 14.2 Å². The van der Waals surface area contributed by atoms with Crippen LogP contribution in [0.5, 0.6) is 5.75 Å². The Morgan fingerprint density at radius 2 is 2.22 bits per heavy atom. The van der Waals surface area contributed by atoms with Crippen LogP contribution in [0.2, 0.25) is 5.02 Å². The molecule has 0 unspecified atom stereocenters. The molecule has 3 nitrogen and oxygen atoms in total. The molecule has 0 spiro atoms. The van der Waals surface area contributed by atoms with Gasteiger partial charge in [-0.1, -0.05) is 27.5 Å². The molecule has 0 aromatic heterocycles. The standard InChI is InChI=1S/C13H16BrClO3/c1-8-10(14)4-5-11(12(8)15)16-6-9-7-17-13(2,3)18-9/h4-5,9H,6-7H2,1-3H3/t9-/m0/s1. The minimum atomic E-state index is -0.520. The summed E-state index contributed by atoms with van der Waals surface area (Å²) in [5, 5.41) is 0.627. The molecule has 1 heterocycles. The van der Waals surface area contributed by atoms with Gasteiger partial charge >= 0.3 is 0 Å². The molecule has 1 saturated heterocycles. The maximum Gasteiger partial charge on any atom is 0.163 e. The minimum Gasteiger partial charge on any atom is -0.489 e. The van der Waals surface area contributed by atoms with Crippen molar-refractivity contribution in [1.82, 2.24) is 0 Å². The second kappa shape index (κ2) is 5.37. The van der Waals surface area contributed by atoms with Gasteiger partial charge in [0.2, 0.25) is 0 Å². The fourth-order valence-corrected chi connectivity index (χ4v) is 2.44. The lowest BCUT2D eigenvalue weighted by Crippen LogP contribution is -2.25. The molecule has 0 amide bonds. The number of halogens is 2. The predicted molar refractivity (Wildman–Crippen MR) is 74.3 cm³/mol. The van der Waals surface area contributed by atoms with E-state index in [1.165, 1.54) is 0 Å². The Kier molecular flexibility index (Phi) is 4.22. The van der Waals surface area contributed by atoms with Gasteiger partial charge in [-0.05, 0) is 38.5 Å². The minimum absolute atomic E-state index is 0.0555. The van der Waals surface area contributed by atoms with Crippen LogP contribution >= 0.6 is 27.5 Å². The second-order valence-electron chi connectivity index (χ2n) is 4.75. The molecule has 0 aliphatic carbocycles. The van der Waals surface area contributed by atoms with Crippen molar-refractivity contribution in [3.05, 3.63) is 27.2 Å². The summed E-state index contributed by atoms with van der Waals surface area (Å²) in [6.45, 7) is 6.70. The first-order chi connectivity index (χ1) is 8.39. The van der Waals surface area contributed by atoms with E-state index < -0.39 is 5.79 Å². The van der Waals surface area contributed by atoms with Crippen molar-refractivity contribution in [3.8, 4) is 5.75 Å². The van der Waals surface area contributed by atoms with Crippen molar-refractivity contribution >= 4 is 27.5 Å². The van der Waals surface area contributed by atoms with Crippen LogP contribution < -0.4 is 4.74 Å². The first-order valence-corrected chi connectivity index (χ1v) is 6.95. The highest BCUT2D eigenvalue weighted by molar-refractivity contribution is 9.10. The van der Waals surface area contributed by atoms with Crippen LogP contribution in [0.25, 0.3) is 0 Å². The third kappa shape index (κ3) is 3.18. The maximum absolute atomic E-state index is 6.21. The SMILES string of the molecule is Cc1c(Br)ccc(OC[C@H]2COC(C)(C)O2)c1Cl. The molecule has 18 heavy (non-hydrogen) atoms. The molecule has 1 aromatic carbocycles. The van der Waals surface area contributed by atoms with Crippen LogP contribution in [0.15, 0.2) is 16.6 Å². The molecular formula is C13H16BrClO3. The zero-order valence-electron chi connectivity index (χ0n) is 10.6. The molecule has 5 heteroatoms. The van der Waals surface area contributed by atoms with Gasteiger partial charge in [0, 0.05) is 4.47 Å². The highest BCUT2D eigenvalue weighted by atomic mass is 79.9. The first kappa shape index (κ1) is 14.1.